The van der Waals surface area contributed by atoms with Gasteiger partial charge in [-0.15, -0.1) is 0 Å². The van der Waals surface area contributed by atoms with Gasteiger partial charge in [0.2, 0.25) is 0 Å². The van der Waals surface area contributed by atoms with Crippen LogP contribution in [0.15, 0.2) is 0 Å². The second-order valence-electron chi connectivity index (χ2n) is 3.45. The molecule has 76 valence electrons. The zero-order valence-electron chi connectivity index (χ0n) is 8.32. The molecule has 1 saturated heterocycles. The molecule has 4 heteroatoms. The zero-order valence-corrected chi connectivity index (χ0v) is 9.14. The number of nitrogens with two attached hydrogens (primary N) is 1. The van der Waals surface area contributed by atoms with E-state index in [4.69, 9.17) is 22.7 Å². The molecule has 0 bridgehead atoms. The van der Waals surface area contributed by atoms with Gasteiger partial charge in [0.1, 0.15) is 0 Å². The summed E-state index contributed by atoms with van der Waals surface area (Å²) in [5.74, 6) is 0. The van der Waals surface area contributed by atoms with Gasteiger partial charge in [-0.25, -0.2) is 0 Å². The molecule has 13 heavy (non-hydrogen) atoms. The number of ether oxygens (including phenoxy) is 1. The summed E-state index contributed by atoms with van der Waals surface area (Å²) in [7, 11) is 0. The van der Waals surface area contributed by atoms with Gasteiger partial charge in [-0.2, -0.15) is 0 Å². The molecule has 2 unspecified atom stereocenters. The van der Waals surface area contributed by atoms with E-state index in [1.54, 1.807) is 0 Å². The summed E-state index contributed by atoms with van der Waals surface area (Å²) in [6, 6.07) is 0.675. The molecule has 0 radical (unpaired) electrons. The normalized spacial score (nSPS) is 27.1. The molecule has 0 saturated carbocycles. The van der Waals surface area contributed by atoms with Crippen LogP contribution in [0.4, 0.5) is 0 Å². The summed E-state index contributed by atoms with van der Waals surface area (Å²) in [5, 5.41) is 0. The lowest BCUT2D eigenvalue weighted by Gasteiger charge is -2.38. The van der Waals surface area contributed by atoms with Crippen molar-refractivity contribution in [2.24, 2.45) is 5.73 Å². The number of hydrogen-bond donors (Lipinski definition) is 1. The molecule has 2 atom stereocenters. The molecule has 3 nitrogen and oxygen atoms in total. The first-order chi connectivity index (χ1) is 6.16. The molecule has 1 rings (SSSR count). The van der Waals surface area contributed by atoms with E-state index in [0.29, 0.717) is 11.0 Å². The maximum Gasteiger partial charge on any atom is 0.0899 e. The summed E-state index contributed by atoms with van der Waals surface area (Å²) in [5.41, 5.74) is 5.63. The molecule has 1 aliphatic heterocycles. The van der Waals surface area contributed by atoms with Crippen LogP contribution in [0.2, 0.25) is 0 Å². The molecule has 0 aromatic heterocycles. The van der Waals surface area contributed by atoms with Gasteiger partial charge in [0.05, 0.1) is 24.2 Å². The monoisotopic (exact) mass is 202 g/mol. The van der Waals surface area contributed by atoms with Crippen molar-refractivity contribution in [3.8, 4) is 0 Å². The highest BCUT2D eigenvalue weighted by Gasteiger charge is 2.26. The first-order valence-corrected chi connectivity index (χ1v) is 5.20. The average molecular weight is 202 g/mol. The van der Waals surface area contributed by atoms with Crippen LogP contribution in [0.25, 0.3) is 0 Å². The second kappa shape index (κ2) is 4.88. The maximum atomic E-state index is 5.63. The van der Waals surface area contributed by atoms with Gasteiger partial charge in [0.15, 0.2) is 0 Å². The van der Waals surface area contributed by atoms with Gasteiger partial charge in [-0.1, -0.05) is 19.1 Å². The summed E-state index contributed by atoms with van der Waals surface area (Å²) < 4.78 is 5.41. The van der Waals surface area contributed by atoms with Crippen molar-refractivity contribution in [2.45, 2.75) is 32.4 Å². The quantitative estimate of drug-likeness (QED) is 0.686. The Morgan fingerprint density at radius 3 is 3.00 bits per heavy atom. The third kappa shape index (κ3) is 2.62. The van der Waals surface area contributed by atoms with Crippen LogP contribution in [-0.2, 0) is 4.74 Å². The average Bonchev–Trinajstić information content (AvgIpc) is 2.16. The van der Waals surface area contributed by atoms with E-state index >= 15 is 0 Å². The SMILES string of the molecule is CCC1COCCN1C(C)C(N)=S. The topological polar surface area (TPSA) is 38.5 Å². The Balaban J connectivity index is 2.58. The van der Waals surface area contributed by atoms with Gasteiger partial charge < -0.3 is 10.5 Å². The van der Waals surface area contributed by atoms with Crippen LogP contribution in [0.5, 0.6) is 0 Å². The third-order valence-corrected chi connectivity index (χ3v) is 2.99. The van der Waals surface area contributed by atoms with E-state index in [-0.39, 0.29) is 6.04 Å². The lowest BCUT2D eigenvalue weighted by molar-refractivity contribution is -0.0149. The van der Waals surface area contributed by atoms with Gasteiger partial charge in [0.25, 0.3) is 0 Å². The first-order valence-electron chi connectivity index (χ1n) is 4.79. The Kier molecular flexibility index (Phi) is 4.09. The fourth-order valence-corrected chi connectivity index (χ4v) is 1.83. The van der Waals surface area contributed by atoms with Crippen molar-refractivity contribution in [1.82, 2.24) is 4.90 Å². The van der Waals surface area contributed by atoms with Crippen molar-refractivity contribution in [1.29, 1.82) is 0 Å². The van der Waals surface area contributed by atoms with Crippen LogP contribution < -0.4 is 5.73 Å². The molecule has 0 aromatic carbocycles. The molecule has 1 heterocycles. The van der Waals surface area contributed by atoms with E-state index in [0.717, 1.165) is 26.2 Å². The van der Waals surface area contributed by atoms with Gasteiger partial charge in [-0.3, -0.25) is 4.90 Å². The molecule has 1 fully saturated rings. The fourth-order valence-electron chi connectivity index (χ4n) is 1.69. The highest BCUT2D eigenvalue weighted by atomic mass is 32.1. The Morgan fingerprint density at radius 2 is 2.46 bits per heavy atom. The van der Waals surface area contributed by atoms with Gasteiger partial charge >= 0.3 is 0 Å². The summed E-state index contributed by atoms with van der Waals surface area (Å²) in [6.45, 7) is 6.78. The molecule has 0 aromatic rings. The van der Waals surface area contributed by atoms with Crippen LogP contribution in [0.1, 0.15) is 20.3 Å². The van der Waals surface area contributed by atoms with Crippen LogP contribution in [0, 0.1) is 0 Å². The summed E-state index contributed by atoms with van der Waals surface area (Å²) in [6.07, 6.45) is 1.09. The smallest absolute Gasteiger partial charge is 0.0899 e. The molecule has 1 aliphatic rings. The molecule has 0 spiro atoms. The molecule has 0 amide bonds. The standard InChI is InChI=1S/C9H18N2OS/c1-3-8-6-12-5-4-11(8)7(2)9(10)13/h7-8H,3-6H2,1-2H3,(H2,10,13). The molecular weight excluding hydrogens is 184 g/mol. The van der Waals surface area contributed by atoms with Crippen molar-refractivity contribution < 1.29 is 4.74 Å². The number of hydrogen-bond acceptors (Lipinski definition) is 3. The number of morpholine rings is 1. The van der Waals surface area contributed by atoms with Crippen LogP contribution >= 0.6 is 12.2 Å². The second-order valence-corrected chi connectivity index (χ2v) is 3.92. The minimum atomic E-state index is 0.198. The van der Waals surface area contributed by atoms with E-state index in [2.05, 4.69) is 18.7 Å². The lowest BCUT2D eigenvalue weighted by Crippen LogP contribution is -2.53. The van der Waals surface area contributed by atoms with E-state index in [1.165, 1.54) is 0 Å². The van der Waals surface area contributed by atoms with Crippen molar-refractivity contribution in [3.63, 3.8) is 0 Å². The number of rotatable bonds is 3. The Labute approximate surface area is 85.2 Å². The Hall–Kier alpha value is -0.190. The molecular formula is C9H18N2OS. The molecule has 2 N–H and O–H groups in total. The van der Waals surface area contributed by atoms with Gasteiger partial charge in [0, 0.05) is 12.6 Å². The first kappa shape index (κ1) is 10.9. The van der Waals surface area contributed by atoms with Crippen LogP contribution in [0.3, 0.4) is 0 Å². The largest absolute Gasteiger partial charge is 0.392 e. The van der Waals surface area contributed by atoms with Crippen molar-refractivity contribution in [3.05, 3.63) is 0 Å². The Bertz CT molecular complexity index is 186. The predicted octanol–water partition coefficient (Wildman–Crippen LogP) is 0.772. The van der Waals surface area contributed by atoms with E-state index in [1.807, 2.05) is 0 Å². The minimum Gasteiger partial charge on any atom is -0.392 e. The number of thiocarbonyl (C=S) groups is 1. The zero-order chi connectivity index (χ0) is 9.84. The van der Waals surface area contributed by atoms with Gasteiger partial charge in [-0.05, 0) is 13.3 Å². The van der Waals surface area contributed by atoms with Crippen molar-refractivity contribution in [2.75, 3.05) is 19.8 Å². The highest BCUT2D eigenvalue weighted by molar-refractivity contribution is 7.80. The molecule has 0 aliphatic carbocycles. The van der Waals surface area contributed by atoms with Crippen molar-refractivity contribution >= 4 is 17.2 Å². The Morgan fingerprint density at radius 1 is 1.77 bits per heavy atom. The third-order valence-electron chi connectivity index (χ3n) is 2.65. The number of nitrogens with zero attached hydrogens (tertiary/aromatic N) is 1. The predicted molar refractivity (Wildman–Crippen MR) is 57.9 cm³/mol. The highest BCUT2D eigenvalue weighted by Crippen LogP contribution is 2.13. The summed E-state index contributed by atoms with van der Waals surface area (Å²) >= 11 is 5.00. The minimum absolute atomic E-state index is 0.198. The fraction of sp³-hybridized carbons (Fsp3) is 0.889. The van der Waals surface area contributed by atoms with E-state index in [9.17, 15) is 0 Å². The maximum absolute atomic E-state index is 5.63. The lowest BCUT2D eigenvalue weighted by atomic mass is 10.1. The summed E-state index contributed by atoms with van der Waals surface area (Å²) in [4.78, 5) is 2.92. The van der Waals surface area contributed by atoms with Crippen LogP contribution in [-0.4, -0.2) is 41.7 Å². The van der Waals surface area contributed by atoms with E-state index < -0.39 is 0 Å².